The summed E-state index contributed by atoms with van der Waals surface area (Å²) in [4.78, 5) is 7.34. The third-order valence-corrected chi connectivity index (χ3v) is 1.76. The minimum absolute atomic E-state index is 0. The normalized spacial score (nSPS) is 18.8. The first-order valence-electron chi connectivity index (χ1n) is 4.02. The molecule has 12 heavy (non-hydrogen) atoms. The lowest BCUT2D eigenvalue weighted by Gasteiger charge is -2.25. The van der Waals surface area contributed by atoms with E-state index in [9.17, 15) is 0 Å². The number of nitrogens with zero attached hydrogens (tertiary/aromatic N) is 1. The van der Waals surface area contributed by atoms with Crippen LogP contribution in [-0.4, -0.2) is 51.4 Å². The van der Waals surface area contributed by atoms with Gasteiger partial charge in [0.05, 0.1) is 19.8 Å². The van der Waals surface area contributed by atoms with Crippen molar-refractivity contribution in [2.75, 3.05) is 46.5 Å². The molecule has 0 aromatic carbocycles. The van der Waals surface area contributed by atoms with Gasteiger partial charge < -0.3 is 9.57 Å². The summed E-state index contributed by atoms with van der Waals surface area (Å²) in [6.45, 7) is 5.53. The van der Waals surface area contributed by atoms with E-state index in [1.165, 1.54) is 0 Å². The summed E-state index contributed by atoms with van der Waals surface area (Å²) in [7, 11) is 1.78. The van der Waals surface area contributed by atoms with E-state index < -0.39 is 0 Å². The molecule has 0 bridgehead atoms. The van der Waals surface area contributed by atoms with Gasteiger partial charge in [0.2, 0.25) is 0 Å². The summed E-state index contributed by atoms with van der Waals surface area (Å²) in [5, 5.41) is 0. The van der Waals surface area contributed by atoms with Crippen LogP contribution in [0.4, 0.5) is 0 Å². The van der Waals surface area contributed by atoms with E-state index in [0.29, 0.717) is 0 Å². The second kappa shape index (κ2) is 8.18. The van der Waals surface area contributed by atoms with Crippen molar-refractivity contribution >= 4 is 24.0 Å². The lowest BCUT2D eigenvalue weighted by molar-refractivity contribution is 0.00208. The molecule has 0 unspecified atom stereocenters. The molecule has 0 amide bonds. The third kappa shape index (κ3) is 5.26. The van der Waals surface area contributed by atoms with Crippen molar-refractivity contribution < 1.29 is 9.57 Å². The molecular weight excluding hydrogens is 271 g/mol. The van der Waals surface area contributed by atoms with Crippen LogP contribution >= 0.6 is 24.0 Å². The second-order valence-electron chi connectivity index (χ2n) is 2.51. The topological polar surface area (TPSA) is 33.7 Å². The number of halogens is 1. The van der Waals surface area contributed by atoms with Crippen molar-refractivity contribution in [1.29, 1.82) is 0 Å². The summed E-state index contributed by atoms with van der Waals surface area (Å²) in [5.41, 5.74) is 2.65. The molecule has 1 rings (SSSR count). The SMILES string of the molecule is CNOCCN1CCOCC1.I. The predicted molar refractivity (Wildman–Crippen MR) is 57.7 cm³/mol. The van der Waals surface area contributed by atoms with Crippen molar-refractivity contribution in [3.8, 4) is 0 Å². The van der Waals surface area contributed by atoms with Crippen LogP contribution in [0.2, 0.25) is 0 Å². The van der Waals surface area contributed by atoms with E-state index in [1.54, 1.807) is 7.05 Å². The summed E-state index contributed by atoms with van der Waals surface area (Å²) >= 11 is 0. The number of nitrogens with one attached hydrogen (secondary N) is 1. The molecule has 0 aliphatic carbocycles. The van der Waals surface area contributed by atoms with Gasteiger partial charge in [0.25, 0.3) is 0 Å². The smallest absolute Gasteiger partial charge is 0.0809 e. The maximum absolute atomic E-state index is 5.21. The monoisotopic (exact) mass is 288 g/mol. The molecule has 0 radical (unpaired) electrons. The summed E-state index contributed by atoms with van der Waals surface area (Å²) in [6, 6.07) is 0. The van der Waals surface area contributed by atoms with E-state index in [4.69, 9.17) is 9.57 Å². The van der Waals surface area contributed by atoms with Crippen LogP contribution in [0.1, 0.15) is 0 Å². The van der Waals surface area contributed by atoms with E-state index in [1.807, 2.05) is 0 Å². The van der Waals surface area contributed by atoms with Gasteiger partial charge in [-0.2, -0.15) is 0 Å². The lowest BCUT2D eigenvalue weighted by atomic mass is 10.4. The van der Waals surface area contributed by atoms with Gasteiger partial charge in [-0.05, 0) is 0 Å². The van der Waals surface area contributed by atoms with E-state index in [0.717, 1.165) is 39.5 Å². The number of morpholine rings is 1. The van der Waals surface area contributed by atoms with Crippen LogP contribution in [-0.2, 0) is 9.57 Å². The Labute approximate surface area is 90.6 Å². The molecule has 1 aliphatic heterocycles. The molecule has 1 N–H and O–H groups in total. The van der Waals surface area contributed by atoms with Crippen molar-refractivity contribution in [3.05, 3.63) is 0 Å². The first-order chi connectivity index (χ1) is 5.43. The Morgan fingerprint density at radius 2 is 2.08 bits per heavy atom. The molecule has 74 valence electrons. The van der Waals surface area contributed by atoms with Gasteiger partial charge in [-0.3, -0.25) is 4.90 Å². The summed E-state index contributed by atoms with van der Waals surface area (Å²) < 4.78 is 5.21. The molecule has 0 atom stereocenters. The minimum Gasteiger partial charge on any atom is -0.379 e. The second-order valence-corrected chi connectivity index (χ2v) is 2.51. The molecule has 5 heteroatoms. The number of hydroxylamine groups is 1. The van der Waals surface area contributed by atoms with Crippen molar-refractivity contribution in [3.63, 3.8) is 0 Å². The predicted octanol–water partition coefficient (Wildman–Crippen LogP) is 0.0876. The molecule has 0 aromatic rings. The van der Waals surface area contributed by atoms with Crippen LogP contribution < -0.4 is 5.48 Å². The fourth-order valence-electron chi connectivity index (χ4n) is 1.10. The fraction of sp³-hybridized carbons (Fsp3) is 1.00. The highest BCUT2D eigenvalue weighted by Crippen LogP contribution is 1.94. The summed E-state index contributed by atoms with van der Waals surface area (Å²) in [5.74, 6) is 0. The van der Waals surface area contributed by atoms with E-state index in [2.05, 4.69) is 10.4 Å². The van der Waals surface area contributed by atoms with Crippen LogP contribution in [0.15, 0.2) is 0 Å². The largest absolute Gasteiger partial charge is 0.379 e. The number of ether oxygens (including phenoxy) is 1. The average molecular weight is 288 g/mol. The molecule has 0 spiro atoms. The highest BCUT2D eigenvalue weighted by Gasteiger charge is 2.08. The van der Waals surface area contributed by atoms with Crippen molar-refractivity contribution in [2.45, 2.75) is 0 Å². The first-order valence-corrected chi connectivity index (χ1v) is 4.02. The Hall–Kier alpha value is 0.570. The Bertz CT molecular complexity index is 99.4. The van der Waals surface area contributed by atoms with Gasteiger partial charge in [-0.25, -0.2) is 5.48 Å². The van der Waals surface area contributed by atoms with Gasteiger partial charge in [0.1, 0.15) is 0 Å². The minimum atomic E-state index is 0. The maximum atomic E-state index is 5.21. The molecular formula is C7H17IN2O2. The summed E-state index contributed by atoms with van der Waals surface area (Å²) in [6.07, 6.45) is 0. The lowest BCUT2D eigenvalue weighted by Crippen LogP contribution is -2.38. The Balaban J connectivity index is 0.00000121. The van der Waals surface area contributed by atoms with Gasteiger partial charge in [-0.1, -0.05) is 0 Å². The van der Waals surface area contributed by atoms with Crippen LogP contribution in [0.3, 0.4) is 0 Å². The van der Waals surface area contributed by atoms with Gasteiger partial charge in [0, 0.05) is 26.7 Å². The fourth-order valence-corrected chi connectivity index (χ4v) is 1.10. The molecule has 1 aliphatic rings. The standard InChI is InChI=1S/C7H16N2O2.HI/c1-8-11-7-4-9-2-5-10-6-3-9;/h8H,2-7H2,1H3;1H. The van der Waals surface area contributed by atoms with Gasteiger partial charge in [0.15, 0.2) is 0 Å². The molecule has 0 aromatic heterocycles. The van der Waals surface area contributed by atoms with Crippen molar-refractivity contribution in [1.82, 2.24) is 10.4 Å². The zero-order valence-electron chi connectivity index (χ0n) is 7.41. The van der Waals surface area contributed by atoms with Gasteiger partial charge >= 0.3 is 0 Å². The molecule has 1 heterocycles. The Morgan fingerprint density at radius 3 is 2.67 bits per heavy atom. The molecule has 0 saturated carbocycles. The molecule has 1 fully saturated rings. The number of hydrogen-bond acceptors (Lipinski definition) is 4. The van der Waals surface area contributed by atoms with Crippen LogP contribution in [0.25, 0.3) is 0 Å². The van der Waals surface area contributed by atoms with Crippen LogP contribution in [0.5, 0.6) is 0 Å². The average Bonchev–Trinajstić information content (AvgIpc) is 2.07. The van der Waals surface area contributed by atoms with Gasteiger partial charge in [-0.15, -0.1) is 24.0 Å². The number of hydrogen-bond donors (Lipinski definition) is 1. The zero-order chi connectivity index (χ0) is 7.94. The maximum Gasteiger partial charge on any atom is 0.0809 e. The molecule has 1 saturated heterocycles. The Morgan fingerprint density at radius 1 is 1.42 bits per heavy atom. The van der Waals surface area contributed by atoms with E-state index in [-0.39, 0.29) is 24.0 Å². The third-order valence-electron chi connectivity index (χ3n) is 1.76. The van der Waals surface area contributed by atoms with E-state index >= 15 is 0 Å². The quantitative estimate of drug-likeness (QED) is 0.451. The number of rotatable bonds is 4. The molecule has 4 nitrogen and oxygen atoms in total. The van der Waals surface area contributed by atoms with Crippen LogP contribution in [0, 0.1) is 0 Å². The highest BCUT2D eigenvalue weighted by molar-refractivity contribution is 14.0. The highest BCUT2D eigenvalue weighted by atomic mass is 127. The van der Waals surface area contributed by atoms with Crippen molar-refractivity contribution in [2.24, 2.45) is 0 Å². The zero-order valence-corrected chi connectivity index (χ0v) is 9.74. The first kappa shape index (κ1) is 12.6. The Kier molecular flexibility index (Phi) is 8.57.